The number of nitrogens with zero attached hydrogens (tertiary/aromatic N) is 2. The lowest BCUT2D eigenvalue weighted by atomic mass is 10.3. The second kappa shape index (κ2) is 5.56. The van der Waals surface area contributed by atoms with Gasteiger partial charge in [-0.05, 0) is 12.3 Å². The predicted octanol–water partition coefficient (Wildman–Crippen LogP) is 0.197. The van der Waals surface area contributed by atoms with Gasteiger partial charge in [-0.1, -0.05) is 6.92 Å². The monoisotopic (exact) mass is 255 g/mol. The number of nitrogens with one attached hydrogen (secondary N) is 1. The molecule has 2 unspecified atom stereocenters. The molecule has 6 nitrogen and oxygen atoms in total. The zero-order valence-corrected chi connectivity index (χ0v) is 10.8. The molecule has 0 aromatic carbocycles. The Kier molecular flexibility index (Phi) is 4.06. The summed E-state index contributed by atoms with van der Waals surface area (Å²) >= 11 is 0. The van der Waals surface area contributed by atoms with Crippen LogP contribution in [0, 0.1) is 5.92 Å². The topological polar surface area (TPSA) is 72.9 Å². The number of amides is 2. The molecule has 0 bridgehead atoms. The third-order valence-corrected chi connectivity index (χ3v) is 3.72. The van der Waals surface area contributed by atoms with E-state index >= 15 is 0 Å². The maximum atomic E-state index is 11.9. The standard InChI is InChI=1S/C12H21N3O3/c1-9-8-10(9)13-12(18)15-6-4-14(5-7-15)3-2-11(16)17/h9-10H,2-8H2,1H3,(H,13,18)(H,16,17). The van der Waals surface area contributed by atoms with Crippen molar-refractivity contribution in [1.29, 1.82) is 0 Å². The Labute approximate surface area is 107 Å². The average Bonchev–Trinajstić information content (AvgIpc) is 3.03. The average molecular weight is 255 g/mol. The first-order valence-electron chi connectivity index (χ1n) is 6.56. The summed E-state index contributed by atoms with van der Waals surface area (Å²) in [6.45, 7) is 5.61. The Balaban J connectivity index is 1.66. The summed E-state index contributed by atoms with van der Waals surface area (Å²) in [5, 5.41) is 11.6. The number of carbonyl (C=O) groups is 2. The number of piperazine rings is 1. The summed E-state index contributed by atoms with van der Waals surface area (Å²) in [4.78, 5) is 26.3. The van der Waals surface area contributed by atoms with E-state index in [1.165, 1.54) is 0 Å². The molecule has 1 saturated heterocycles. The lowest BCUT2D eigenvalue weighted by Gasteiger charge is -2.34. The predicted molar refractivity (Wildman–Crippen MR) is 66.4 cm³/mol. The molecule has 2 aliphatic rings. The van der Waals surface area contributed by atoms with Crippen molar-refractivity contribution >= 4 is 12.0 Å². The molecule has 0 radical (unpaired) electrons. The highest BCUT2D eigenvalue weighted by atomic mass is 16.4. The number of hydrogen-bond acceptors (Lipinski definition) is 3. The molecular weight excluding hydrogens is 234 g/mol. The maximum absolute atomic E-state index is 11.9. The molecule has 1 aliphatic carbocycles. The summed E-state index contributed by atoms with van der Waals surface area (Å²) in [5.74, 6) is -0.149. The Bertz CT molecular complexity index is 327. The molecule has 1 aliphatic heterocycles. The fourth-order valence-corrected chi connectivity index (χ4v) is 2.20. The van der Waals surface area contributed by atoms with Crippen molar-refractivity contribution in [2.24, 2.45) is 5.92 Å². The van der Waals surface area contributed by atoms with Gasteiger partial charge in [0.1, 0.15) is 0 Å². The van der Waals surface area contributed by atoms with Crippen molar-refractivity contribution in [3.63, 3.8) is 0 Å². The molecule has 2 fully saturated rings. The quantitative estimate of drug-likeness (QED) is 0.752. The van der Waals surface area contributed by atoms with Crippen molar-refractivity contribution in [3.8, 4) is 0 Å². The van der Waals surface area contributed by atoms with Gasteiger partial charge < -0.3 is 15.3 Å². The van der Waals surface area contributed by atoms with E-state index in [2.05, 4.69) is 17.1 Å². The first-order chi connectivity index (χ1) is 8.56. The lowest BCUT2D eigenvalue weighted by molar-refractivity contribution is -0.137. The highest BCUT2D eigenvalue weighted by Crippen LogP contribution is 2.29. The van der Waals surface area contributed by atoms with Crippen LogP contribution in [0.5, 0.6) is 0 Å². The zero-order valence-electron chi connectivity index (χ0n) is 10.8. The summed E-state index contributed by atoms with van der Waals surface area (Å²) in [7, 11) is 0. The van der Waals surface area contributed by atoms with Gasteiger partial charge in [0, 0.05) is 38.8 Å². The van der Waals surface area contributed by atoms with E-state index in [0.29, 0.717) is 31.6 Å². The van der Waals surface area contributed by atoms with Crippen LogP contribution in [0.25, 0.3) is 0 Å². The number of urea groups is 1. The van der Waals surface area contributed by atoms with Gasteiger partial charge >= 0.3 is 12.0 Å². The van der Waals surface area contributed by atoms with Crippen LogP contribution in [0.1, 0.15) is 19.8 Å². The van der Waals surface area contributed by atoms with E-state index in [4.69, 9.17) is 5.11 Å². The summed E-state index contributed by atoms with van der Waals surface area (Å²) in [5.41, 5.74) is 0. The molecule has 0 aromatic heterocycles. The molecule has 0 aromatic rings. The highest BCUT2D eigenvalue weighted by molar-refractivity contribution is 5.75. The first kappa shape index (κ1) is 13.1. The van der Waals surface area contributed by atoms with Gasteiger partial charge in [-0.2, -0.15) is 0 Å². The van der Waals surface area contributed by atoms with E-state index in [-0.39, 0.29) is 12.5 Å². The number of carboxylic acid groups (broad SMARTS) is 1. The molecule has 102 valence electrons. The van der Waals surface area contributed by atoms with Crippen LogP contribution >= 0.6 is 0 Å². The zero-order chi connectivity index (χ0) is 13.1. The Morgan fingerprint density at radius 2 is 1.89 bits per heavy atom. The second-order valence-electron chi connectivity index (χ2n) is 5.24. The minimum absolute atomic E-state index is 0.0298. The largest absolute Gasteiger partial charge is 0.481 e. The molecule has 18 heavy (non-hydrogen) atoms. The third kappa shape index (κ3) is 3.60. The van der Waals surface area contributed by atoms with Gasteiger partial charge in [0.2, 0.25) is 0 Å². The summed E-state index contributed by atoms with van der Waals surface area (Å²) in [6.07, 6.45) is 1.26. The smallest absolute Gasteiger partial charge is 0.317 e. The van der Waals surface area contributed by atoms with E-state index in [9.17, 15) is 9.59 Å². The lowest BCUT2D eigenvalue weighted by Crippen LogP contribution is -2.52. The Morgan fingerprint density at radius 1 is 1.28 bits per heavy atom. The van der Waals surface area contributed by atoms with E-state index < -0.39 is 5.97 Å². The maximum Gasteiger partial charge on any atom is 0.317 e. The Morgan fingerprint density at radius 3 is 2.39 bits per heavy atom. The highest BCUT2D eigenvalue weighted by Gasteiger charge is 2.35. The van der Waals surface area contributed by atoms with Gasteiger partial charge in [0.15, 0.2) is 0 Å². The Hall–Kier alpha value is -1.30. The van der Waals surface area contributed by atoms with Crippen molar-refractivity contribution in [1.82, 2.24) is 15.1 Å². The number of carbonyl (C=O) groups excluding carboxylic acids is 1. The molecule has 2 rings (SSSR count). The number of rotatable bonds is 4. The van der Waals surface area contributed by atoms with E-state index in [1.807, 2.05) is 4.90 Å². The molecular formula is C12H21N3O3. The van der Waals surface area contributed by atoms with E-state index in [0.717, 1.165) is 19.5 Å². The van der Waals surface area contributed by atoms with Gasteiger partial charge in [-0.15, -0.1) is 0 Å². The van der Waals surface area contributed by atoms with Gasteiger partial charge in [0.05, 0.1) is 6.42 Å². The van der Waals surface area contributed by atoms with Crippen molar-refractivity contribution in [3.05, 3.63) is 0 Å². The van der Waals surface area contributed by atoms with Gasteiger partial charge in [-0.25, -0.2) is 4.79 Å². The SMILES string of the molecule is CC1CC1NC(=O)N1CCN(CCC(=O)O)CC1. The van der Waals surface area contributed by atoms with E-state index in [1.54, 1.807) is 0 Å². The third-order valence-electron chi connectivity index (χ3n) is 3.72. The van der Waals surface area contributed by atoms with Gasteiger partial charge in [-0.3, -0.25) is 9.69 Å². The number of aliphatic carboxylic acids is 1. The van der Waals surface area contributed by atoms with Crippen molar-refractivity contribution in [2.45, 2.75) is 25.8 Å². The fourth-order valence-electron chi connectivity index (χ4n) is 2.20. The number of carboxylic acids is 1. The van der Waals surface area contributed by atoms with Crippen LogP contribution in [-0.2, 0) is 4.79 Å². The van der Waals surface area contributed by atoms with Crippen LogP contribution in [0.4, 0.5) is 4.79 Å². The van der Waals surface area contributed by atoms with Crippen molar-refractivity contribution in [2.75, 3.05) is 32.7 Å². The molecule has 6 heteroatoms. The molecule has 0 spiro atoms. The second-order valence-corrected chi connectivity index (χ2v) is 5.24. The fraction of sp³-hybridized carbons (Fsp3) is 0.833. The molecule has 2 amide bonds. The number of hydrogen-bond donors (Lipinski definition) is 2. The van der Waals surface area contributed by atoms with Crippen molar-refractivity contribution < 1.29 is 14.7 Å². The van der Waals surface area contributed by atoms with Crippen LogP contribution < -0.4 is 5.32 Å². The van der Waals surface area contributed by atoms with Crippen LogP contribution in [0.15, 0.2) is 0 Å². The summed E-state index contributed by atoms with van der Waals surface area (Å²) < 4.78 is 0. The molecule has 1 saturated carbocycles. The van der Waals surface area contributed by atoms with Crippen LogP contribution in [-0.4, -0.2) is 65.7 Å². The normalized spacial score (nSPS) is 27.9. The van der Waals surface area contributed by atoms with Crippen LogP contribution in [0.2, 0.25) is 0 Å². The minimum atomic E-state index is -0.766. The minimum Gasteiger partial charge on any atom is -0.481 e. The molecule has 2 N–H and O–H groups in total. The first-order valence-corrected chi connectivity index (χ1v) is 6.56. The van der Waals surface area contributed by atoms with Crippen LogP contribution in [0.3, 0.4) is 0 Å². The van der Waals surface area contributed by atoms with Gasteiger partial charge in [0.25, 0.3) is 0 Å². The molecule has 1 heterocycles. The molecule has 2 atom stereocenters. The summed E-state index contributed by atoms with van der Waals surface area (Å²) in [6, 6.07) is 0.393.